The Morgan fingerprint density at radius 2 is 2.11 bits per heavy atom. The van der Waals surface area contributed by atoms with Crippen molar-refractivity contribution in [2.75, 3.05) is 46.9 Å². The monoisotopic (exact) mass is 259 g/mol. The summed E-state index contributed by atoms with van der Waals surface area (Å²) in [5.74, 6) is 0.0792. The van der Waals surface area contributed by atoms with Gasteiger partial charge in [-0.05, 0) is 20.4 Å². The average Bonchev–Trinajstić information content (AvgIpc) is 2.32. The maximum absolute atomic E-state index is 11.5. The van der Waals surface area contributed by atoms with E-state index in [9.17, 15) is 4.79 Å². The van der Waals surface area contributed by atoms with E-state index in [4.69, 9.17) is 4.74 Å². The van der Waals surface area contributed by atoms with Gasteiger partial charge in [0.15, 0.2) is 0 Å². The number of hydrogen-bond donors (Lipinski definition) is 2. The summed E-state index contributed by atoms with van der Waals surface area (Å²) in [5, 5.41) is 6.11. The van der Waals surface area contributed by atoms with Crippen molar-refractivity contribution in [1.82, 2.24) is 15.5 Å². The minimum atomic E-state index is 0.0792. The third-order valence-electron chi connectivity index (χ3n) is 2.76. The summed E-state index contributed by atoms with van der Waals surface area (Å²) in [6.45, 7) is 7.95. The molecule has 0 aromatic carbocycles. The van der Waals surface area contributed by atoms with Gasteiger partial charge in [-0.1, -0.05) is 13.3 Å². The Labute approximate surface area is 111 Å². The molecule has 0 aromatic rings. The van der Waals surface area contributed by atoms with Crippen LogP contribution in [0.4, 0.5) is 0 Å². The summed E-state index contributed by atoms with van der Waals surface area (Å²) < 4.78 is 5.00. The Hall–Kier alpha value is -0.650. The molecular formula is C13H29N3O2. The number of carbonyl (C=O) groups is 1. The van der Waals surface area contributed by atoms with Gasteiger partial charge in [0, 0.05) is 32.8 Å². The number of nitrogens with one attached hydrogen (secondary N) is 2. The topological polar surface area (TPSA) is 53.6 Å². The minimum Gasteiger partial charge on any atom is -0.383 e. The number of amides is 1. The van der Waals surface area contributed by atoms with Gasteiger partial charge in [-0.3, -0.25) is 4.79 Å². The molecule has 1 unspecified atom stereocenters. The molecular weight excluding hydrogens is 230 g/mol. The van der Waals surface area contributed by atoms with Gasteiger partial charge in [-0.2, -0.15) is 0 Å². The lowest BCUT2D eigenvalue weighted by molar-refractivity contribution is -0.120. The molecule has 5 nitrogen and oxygen atoms in total. The average molecular weight is 259 g/mol. The van der Waals surface area contributed by atoms with E-state index in [1.807, 2.05) is 14.0 Å². The first-order chi connectivity index (χ1) is 8.60. The van der Waals surface area contributed by atoms with Crippen LogP contribution in [0.5, 0.6) is 0 Å². The maximum Gasteiger partial charge on any atom is 0.234 e. The lowest BCUT2D eigenvalue weighted by Crippen LogP contribution is -2.41. The summed E-state index contributed by atoms with van der Waals surface area (Å²) in [4.78, 5) is 13.7. The molecule has 0 saturated carbocycles. The van der Waals surface area contributed by atoms with Gasteiger partial charge < -0.3 is 20.3 Å². The van der Waals surface area contributed by atoms with Crippen molar-refractivity contribution in [2.24, 2.45) is 0 Å². The van der Waals surface area contributed by atoms with Crippen LogP contribution in [0.25, 0.3) is 0 Å². The van der Waals surface area contributed by atoms with Crippen LogP contribution in [0.2, 0.25) is 0 Å². The van der Waals surface area contributed by atoms with Crippen molar-refractivity contribution < 1.29 is 9.53 Å². The molecule has 0 aromatic heterocycles. The van der Waals surface area contributed by atoms with Crippen molar-refractivity contribution in [3.05, 3.63) is 0 Å². The number of methoxy groups -OCH3 is 1. The van der Waals surface area contributed by atoms with E-state index in [0.717, 1.165) is 39.1 Å². The molecule has 5 heteroatoms. The summed E-state index contributed by atoms with van der Waals surface area (Å²) in [6, 6.07) is 0.272. The number of rotatable bonds is 11. The number of carbonyl (C=O) groups excluding carboxylic acids is 1. The Morgan fingerprint density at radius 3 is 2.72 bits per heavy atom. The number of hydrogen-bond acceptors (Lipinski definition) is 4. The minimum absolute atomic E-state index is 0.0792. The van der Waals surface area contributed by atoms with Gasteiger partial charge in [-0.15, -0.1) is 0 Å². The fourth-order valence-corrected chi connectivity index (χ4v) is 1.66. The van der Waals surface area contributed by atoms with Crippen LogP contribution >= 0.6 is 0 Å². The van der Waals surface area contributed by atoms with Gasteiger partial charge in [0.05, 0.1) is 13.2 Å². The smallest absolute Gasteiger partial charge is 0.234 e. The van der Waals surface area contributed by atoms with Gasteiger partial charge in [0.1, 0.15) is 0 Å². The molecule has 108 valence electrons. The molecule has 0 fully saturated rings. The molecule has 0 spiro atoms. The van der Waals surface area contributed by atoms with E-state index in [1.54, 1.807) is 7.11 Å². The second-order valence-electron chi connectivity index (χ2n) is 4.73. The van der Waals surface area contributed by atoms with Gasteiger partial charge in [0.25, 0.3) is 0 Å². The van der Waals surface area contributed by atoms with E-state index in [-0.39, 0.29) is 11.9 Å². The van der Waals surface area contributed by atoms with E-state index in [2.05, 4.69) is 22.5 Å². The lowest BCUT2D eigenvalue weighted by atomic mass is 10.2. The summed E-state index contributed by atoms with van der Waals surface area (Å²) in [7, 11) is 3.75. The Bertz CT molecular complexity index is 212. The second-order valence-corrected chi connectivity index (χ2v) is 4.73. The Balaban J connectivity index is 3.45. The number of ether oxygens (including phenoxy) is 1. The molecule has 0 heterocycles. The molecule has 0 radical (unpaired) electrons. The van der Waals surface area contributed by atoms with Crippen LogP contribution in [0, 0.1) is 0 Å². The first kappa shape index (κ1) is 17.4. The second kappa shape index (κ2) is 11.4. The fourth-order valence-electron chi connectivity index (χ4n) is 1.66. The van der Waals surface area contributed by atoms with Crippen molar-refractivity contribution in [2.45, 2.75) is 32.7 Å². The quantitative estimate of drug-likeness (QED) is 0.529. The van der Waals surface area contributed by atoms with Crippen molar-refractivity contribution >= 4 is 5.91 Å². The molecule has 0 aliphatic rings. The zero-order chi connectivity index (χ0) is 13.8. The first-order valence-corrected chi connectivity index (χ1v) is 6.77. The van der Waals surface area contributed by atoms with Crippen LogP contribution in [-0.2, 0) is 9.53 Å². The summed E-state index contributed by atoms with van der Waals surface area (Å²) >= 11 is 0. The predicted octanol–water partition coefficient (Wildman–Crippen LogP) is 0.459. The van der Waals surface area contributed by atoms with Crippen molar-refractivity contribution in [3.63, 3.8) is 0 Å². The zero-order valence-corrected chi connectivity index (χ0v) is 12.3. The Morgan fingerprint density at radius 1 is 1.39 bits per heavy atom. The highest BCUT2D eigenvalue weighted by atomic mass is 16.5. The van der Waals surface area contributed by atoms with E-state index in [1.165, 1.54) is 0 Å². The van der Waals surface area contributed by atoms with Crippen LogP contribution < -0.4 is 10.6 Å². The van der Waals surface area contributed by atoms with Gasteiger partial charge in [-0.25, -0.2) is 0 Å². The SMILES string of the molecule is CCCC(C)NC(=O)CNCCN(C)CCOC. The van der Waals surface area contributed by atoms with E-state index < -0.39 is 0 Å². The molecule has 2 N–H and O–H groups in total. The summed E-state index contributed by atoms with van der Waals surface area (Å²) in [6.07, 6.45) is 2.13. The van der Waals surface area contributed by atoms with E-state index >= 15 is 0 Å². The van der Waals surface area contributed by atoms with Crippen LogP contribution in [0.3, 0.4) is 0 Å². The lowest BCUT2D eigenvalue weighted by Gasteiger charge is -2.17. The van der Waals surface area contributed by atoms with Crippen LogP contribution in [0.1, 0.15) is 26.7 Å². The molecule has 1 atom stereocenters. The van der Waals surface area contributed by atoms with Crippen molar-refractivity contribution in [1.29, 1.82) is 0 Å². The van der Waals surface area contributed by atoms with Gasteiger partial charge >= 0.3 is 0 Å². The van der Waals surface area contributed by atoms with Gasteiger partial charge in [0.2, 0.25) is 5.91 Å². The third-order valence-corrected chi connectivity index (χ3v) is 2.76. The maximum atomic E-state index is 11.5. The standard InChI is InChI=1S/C13H29N3O2/c1-5-6-12(2)15-13(17)11-14-7-8-16(3)9-10-18-4/h12,14H,5-11H2,1-4H3,(H,15,17). The molecule has 0 saturated heterocycles. The molecule has 18 heavy (non-hydrogen) atoms. The van der Waals surface area contributed by atoms with Crippen molar-refractivity contribution in [3.8, 4) is 0 Å². The predicted molar refractivity (Wildman–Crippen MR) is 74.8 cm³/mol. The molecule has 0 rings (SSSR count). The normalized spacial score (nSPS) is 12.7. The summed E-state index contributed by atoms with van der Waals surface area (Å²) in [5.41, 5.74) is 0. The largest absolute Gasteiger partial charge is 0.383 e. The van der Waals surface area contributed by atoms with Crippen LogP contribution in [0.15, 0.2) is 0 Å². The highest BCUT2D eigenvalue weighted by Crippen LogP contribution is 1.93. The molecule has 0 aliphatic carbocycles. The zero-order valence-electron chi connectivity index (χ0n) is 12.3. The highest BCUT2D eigenvalue weighted by molar-refractivity contribution is 5.78. The fraction of sp³-hybridized carbons (Fsp3) is 0.923. The number of likely N-dealkylation sites (N-methyl/N-ethyl adjacent to an activating group) is 1. The highest BCUT2D eigenvalue weighted by Gasteiger charge is 2.05. The van der Waals surface area contributed by atoms with Crippen LogP contribution in [-0.4, -0.2) is 63.8 Å². The molecule has 0 aliphatic heterocycles. The first-order valence-electron chi connectivity index (χ1n) is 6.77. The molecule has 1 amide bonds. The van der Waals surface area contributed by atoms with E-state index in [0.29, 0.717) is 6.54 Å². The number of nitrogens with zero attached hydrogens (tertiary/aromatic N) is 1. The Kier molecular flexibility index (Phi) is 11.0. The third kappa shape index (κ3) is 10.5. The molecule has 0 bridgehead atoms.